The molecule has 0 radical (unpaired) electrons. The molecule has 1 aromatic rings. The predicted molar refractivity (Wildman–Crippen MR) is 93.7 cm³/mol. The highest BCUT2D eigenvalue weighted by atomic mass is 32.2. The third-order valence-electron chi connectivity index (χ3n) is 5.44. The number of carbonyl (C=O) groups is 1. The summed E-state index contributed by atoms with van der Waals surface area (Å²) >= 11 is 0. The Hall–Kier alpha value is -1.58. The van der Waals surface area contributed by atoms with Gasteiger partial charge in [-0.15, -0.1) is 0 Å². The quantitative estimate of drug-likeness (QED) is 0.835. The molecule has 0 bridgehead atoms. The van der Waals surface area contributed by atoms with Crippen molar-refractivity contribution in [1.29, 1.82) is 0 Å². The maximum atomic E-state index is 14.7. The van der Waals surface area contributed by atoms with E-state index in [1.807, 2.05) is 0 Å². The molecule has 3 atom stereocenters. The highest BCUT2D eigenvalue weighted by Gasteiger charge is 2.36. The topological polar surface area (TPSA) is 83.9 Å². The summed E-state index contributed by atoms with van der Waals surface area (Å²) in [4.78, 5) is 11.4. The number of halogens is 2. The van der Waals surface area contributed by atoms with Crippen molar-refractivity contribution >= 4 is 16.0 Å². The number of hydrogen-bond acceptors (Lipinski definition) is 4. The summed E-state index contributed by atoms with van der Waals surface area (Å²) in [6.07, 6.45) is 1.45. The molecule has 9 heteroatoms. The number of aliphatic carboxylic acids is 1. The number of rotatable bonds is 4. The van der Waals surface area contributed by atoms with E-state index in [1.165, 1.54) is 4.31 Å². The monoisotopic (exact) mass is 403 g/mol. The van der Waals surface area contributed by atoms with Crippen molar-refractivity contribution in [2.45, 2.75) is 44.7 Å². The minimum absolute atomic E-state index is 0.000765. The van der Waals surface area contributed by atoms with E-state index < -0.39 is 39.5 Å². The van der Waals surface area contributed by atoms with E-state index in [-0.39, 0.29) is 49.1 Å². The summed E-state index contributed by atoms with van der Waals surface area (Å²) in [5.74, 6) is -4.18. The number of ether oxygens (including phenoxy) is 1. The van der Waals surface area contributed by atoms with E-state index in [1.54, 1.807) is 6.92 Å². The lowest BCUT2D eigenvalue weighted by Crippen LogP contribution is -2.43. The van der Waals surface area contributed by atoms with Crippen LogP contribution in [0, 0.1) is 17.6 Å². The largest absolute Gasteiger partial charge is 0.481 e. The van der Waals surface area contributed by atoms with Gasteiger partial charge < -0.3 is 9.84 Å². The molecule has 2 aliphatic rings. The van der Waals surface area contributed by atoms with Gasteiger partial charge in [0.25, 0.3) is 0 Å². The average molecular weight is 403 g/mol. The van der Waals surface area contributed by atoms with Gasteiger partial charge in [-0.25, -0.2) is 17.2 Å². The van der Waals surface area contributed by atoms with Crippen LogP contribution in [-0.4, -0.2) is 48.8 Å². The minimum atomic E-state index is -3.50. The summed E-state index contributed by atoms with van der Waals surface area (Å²) in [6, 6.07) is 1.69. The van der Waals surface area contributed by atoms with Gasteiger partial charge in [-0.05, 0) is 43.9 Å². The van der Waals surface area contributed by atoms with Crippen molar-refractivity contribution in [3.05, 3.63) is 34.9 Å². The van der Waals surface area contributed by atoms with Crippen LogP contribution in [-0.2, 0) is 26.1 Å². The summed E-state index contributed by atoms with van der Waals surface area (Å²) in [6.45, 7) is 1.77. The highest BCUT2D eigenvalue weighted by Crippen LogP contribution is 2.35. The first-order valence-electron chi connectivity index (χ1n) is 8.98. The molecule has 2 aliphatic heterocycles. The van der Waals surface area contributed by atoms with Crippen LogP contribution in [0.25, 0.3) is 0 Å². The van der Waals surface area contributed by atoms with E-state index in [2.05, 4.69) is 0 Å². The van der Waals surface area contributed by atoms with Crippen molar-refractivity contribution in [1.82, 2.24) is 4.31 Å². The molecule has 0 amide bonds. The molecular formula is C18H23F2NO5S. The predicted octanol–water partition coefficient (Wildman–Crippen LogP) is 2.48. The second-order valence-electron chi connectivity index (χ2n) is 7.23. The normalized spacial score (nSPS) is 28.8. The van der Waals surface area contributed by atoms with Crippen LogP contribution < -0.4 is 0 Å². The zero-order valence-electron chi connectivity index (χ0n) is 15.0. The molecule has 1 aromatic carbocycles. The third-order valence-corrected chi connectivity index (χ3v) is 7.45. The lowest BCUT2D eigenvalue weighted by atomic mass is 9.82. The van der Waals surface area contributed by atoms with Gasteiger partial charge in [0, 0.05) is 30.7 Å². The van der Waals surface area contributed by atoms with Gasteiger partial charge >= 0.3 is 5.97 Å². The molecule has 6 nitrogen and oxygen atoms in total. The van der Waals surface area contributed by atoms with Gasteiger partial charge in [0.05, 0.1) is 18.3 Å². The molecule has 2 fully saturated rings. The Balaban J connectivity index is 1.90. The van der Waals surface area contributed by atoms with E-state index in [0.29, 0.717) is 12.8 Å². The van der Waals surface area contributed by atoms with Gasteiger partial charge in [-0.3, -0.25) is 4.79 Å². The van der Waals surface area contributed by atoms with Gasteiger partial charge in [-0.2, -0.15) is 4.31 Å². The fraction of sp³-hybridized carbons (Fsp3) is 0.611. The van der Waals surface area contributed by atoms with Crippen LogP contribution in [0.2, 0.25) is 0 Å². The lowest BCUT2D eigenvalue weighted by Gasteiger charge is -2.33. The van der Waals surface area contributed by atoms with Crippen molar-refractivity contribution in [3.8, 4) is 0 Å². The molecule has 0 spiro atoms. The van der Waals surface area contributed by atoms with Crippen molar-refractivity contribution < 1.29 is 31.8 Å². The number of benzene rings is 1. The molecule has 1 N–H and O–H groups in total. The van der Waals surface area contributed by atoms with E-state index in [4.69, 9.17) is 4.74 Å². The smallest absolute Gasteiger partial charge is 0.307 e. The van der Waals surface area contributed by atoms with E-state index in [0.717, 1.165) is 12.1 Å². The number of carboxylic acids is 1. The number of sulfonamides is 1. The first-order chi connectivity index (χ1) is 12.7. The molecule has 0 aromatic heterocycles. The fourth-order valence-corrected chi connectivity index (χ4v) is 5.62. The summed E-state index contributed by atoms with van der Waals surface area (Å²) < 4.78 is 60.4. The molecule has 27 heavy (non-hydrogen) atoms. The molecule has 0 aliphatic carbocycles. The molecule has 2 heterocycles. The van der Waals surface area contributed by atoms with Crippen LogP contribution in [0.3, 0.4) is 0 Å². The summed E-state index contributed by atoms with van der Waals surface area (Å²) in [5.41, 5.74) is -0.102. The number of nitrogens with zero attached hydrogens (tertiary/aromatic N) is 1. The van der Waals surface area contributed by atoms with Gasteiger partial charge in [0.2, 0.25) is 10.0 Å². The molecule has 150 valence electrons. The van der Waals surface area contributed by atoms with Crippen LogP contribution in [0.4, 0.5) is 8.78 Å². The maximum Gasteiger partial charge on any atom is 0.307 e. The Morgan fingerprint density at radius 3 is 2.70 bits per heavy atom. The standard InChI is InChI=1S/C18H23F2NO5S/c1-11-3-2-6-27(24,25)21(11)9-12-7-17(20)14(8-16(12)19)15-10-26-5-4-13(15)18(22)23/h7-8,11,13,15H,2-6,9-10H2,1H3,(H,22,23)/t11-,13+,15+/m0/s1. The van der Waals surface area contributed by atoms with Crippen LogP contribution in [0.15, 0.2) is 12.1 Å². The third kappa shape index (κ3) is 4.14. The van der Waals surface area contributed by atoms with E-state index in [9.17, 15) is 27.1 Å². The number of carboxylic acid groups (broad SMARTS) is 1. The molecule has 2 saturated heterocycles. The fourth-order valence-electron chi connectivity index (χ4n) is 3.87. The SMILES string of the molecule is C[C@H]1CCCS(=O)(=O)N1Cc1cc(F)c([C@@H]2COCC[C@H]2C(=O)O)cc1F. The minimum Gasteiger partial charge on any atom is -0.481 e. The zero-order chi connectivity index (χ0) is 19.8. The molecular weight excluding hydrogens is 380 g/mol. The first kappa shape index (κ1) is 20.2. The van der Waals surface area contributed by atoms with Gasteiger partial charge in [0.15, 0.2) is 0 Å². The molecule has 0 saturated carbocycles. The van der Waals surface area contributed by atoms with Crippen molar-refractivity contribution in [3.63, 3.8) is 0 Å². The van der Waals surface area contributed by atoms with Crippen molar-refractivity contribution in [2.24, 2.45) is 5.92 Å². The lowest BCUT2D eigenvalue weighted by molar-refractivity contribution is -0.146. The Bertz CT molecular complexity index is 829. The second-order valence-corrected chi connectivity index (χ2v) is 9.27. The Morgan fingerprint density at radius 1 is 1.30 bits per heavy atom. The van der Waals surface area contributed by atoms with E-state index >= 15 is 0 Å². The van der Waals surface area contributed by atoms with Crippen molar-refractivity contribution in [2.75, 3.05) is 19.0 Å². The maximum absolute atomic E-state index is 14.7. The van der Waals surface area contributed by atoms with Gasteiger partial charge in [-0.1, -0.05) is 0 Å². The Morgan fingerprint density at radius 2 is 2.04 bits per heavy atom. The zero-order valence-corrected chi connectivity index (χ0v) is 15.8. The number of hydrogen-bond donors (Lipinski definition) is 1. The summed E-state index contributed by atoms with van der Waals surface area (Å²) in [7, 11) is -3.50. The molecule has 3 rings (SSSR count). The Kier molecular flexibility index (Phi) is 5.83. The molecule has 0 unspecified atom stereocenters. The van der Waals surface area contributed by atoms with Gasteiger partial charge in [0.1, 0.15) is 11.6 Å². The second kappa shape index (κ2) is 7.81. The van der Waals surface area contributed by atoms with Crippen LogP contribution >= 0.6 is 0 Å². The average Bonchev–Trinajstić information content (AvgIpc) is 2.60. The van der Waals surface area contributed by atoms with Crippen LogP contribution in [0.1, 0.15) is 43.2 Å². The van der Waals surface area contributed by atoms with Crippen LogP contribution in [0.5, 0.6) is 0 Å². The summed E-state index contributed by atoms with van der Waals surface area (Å²) in [5, 5.41) is 9.34. The highest BCUT2D eigenvalue weighted by molar-refractivity contribution is 7.89. The Labute approximate surface area is 157 Å². The first-order valence-corrected chi connectivity index (χ1v) is 10.6.